The SMILES string of the molecule is N#C/C(=C\C1CCCCC1)S(=O)(=O)c1ccccc1. The summed E-state index contributed by atoms with van der Waals surface area (Å²) in [5.74, 6) is 0.224. The van der Waals surface area contributed by atoms with E-state index in [2.05, 4.69) is 0 Å². The number of sulfone groups is 1. The van der Waals surface area contributed by atoms with Gasteiger partial charge in [-0.05, 0) is 30.9 Å². The molecule has 0 heterocycles. The zero-order valence-corrected chi connectivity index (χ0v) is 11.6. The van der Waals surface area contributed by atoms with Crippen molar-refractivity contribution in [3.05, 3.63) is 41.3 Å². The first-order valence-electron chi connectivity index (χ1n) is 6.56. The van der Waals surface area contributed by atoms with Crippen LogP contribution in [0.3, 0.4) is 0 Å². The van der Waals surface area contributed by atoms with Gasteiger partial charge in [0.1, 0.15) is 11.0 Å². The van der Waals surface area contributed by atoms with Crippen molar-refractivity contribution in [2.45, 2.75) is 37.0 Å². The van der Waals surface area contributed by atoms with E-state index in [9.17, 15) is 8.42 Å². The predicted octanol–water partition coefficient (Wildman–Crippen LogP) is 3.45. The Bertz CT molecular complexity index is 591. The number of rotatable bonds is 3. The van der Waals surface area contributed by atoms with Crippen molar-refractivity contribution in [3.8, 4) is 6.07 Å². The lowest BCUT2D eigenvalue weighted by atomic mass is 9.89. The molecule has 0 atom stereocenters. The maximum Gasteiger partial charge on any atom is 0.216 e. The molecule has 1 aromatic rings. The van der Waals surface area contributed by atoms with Gasteiger partial charge in [0.05, 0.1) is 4.90 Å². The normalized spacial score (nSPS) is 17.9. The molecule has 0 N–H and O–H groups in total. The molecule has 0 aromatic heterocycles. The molecule has 1 aromatic carbocycles. The van der Waals surface area contributed by atoms with Crippen LogP contribution in [-0.2, 0) is 9.84 Å². The van der Waals surface area contributed by atoms with Crippen LogP contribution in [-0.4, -0.2) is 8.42 Å². The molecule has 3 nitrogen and oxygen atoms in total. The van der Waals surface area contributed by atoms with Crippen LogP contribution in [0, 0.1) is 17.2 Å². The summed E-state index contributed by atoms with van der Waals surface area (Å²) in [4.78, 5) is 0.0872. The maximum absolute atomic E-state index is 12.3. The molecule has 0 spiro atoms. The van der Waals surface area contributed by atoms with Gasteiger partial charge in [0.15, 0.2) is 0 Å². The minimum absolute atomic E-state index is 0.106. The summed E-state index contributed by atoms with van der Waals surface area (Å²) in [6.45, 7) is 0. The van der Waals surface area contributed by atoms with Crippen molar-refractivity contribution in [2.24, 2.45) is 5.92 Å². The maximum atomic E-state index is 12.3. The first-order chi connectivity index (χ1) is 9.14. The van der Waals surface area contributed by atoms with E-state index in [1.807, 2.05) is 6.07 Å². The van der Waals surface area contributed by atoms with Gasteiger partial charge >= 0.3 is 0 Å². The van der Waals surface area contributed by atoms with E-state index >= 15 is 0 Å². The molecule has 2 rings (SSSR count). The molecule has 100 valence electrons. The van der Waals surface area contributed by atoms with E-state index < -0.39 is 9.84 Å². The number of nitriles is 1. The molecule has 0 amide bonds. The topological polar surface area (TPSA) is 57.9 Å². The van der Waals surface area contributed by atoms with Crippen LogP contribution in [0.15, 0.2) is 46.2 Å². The number of benzene rings is 1. The minimum atomic E-state index is -3.65. The fraction of sp³-hybridized carbons (Fsp3) is 0.400. The lowest BCUT2D eigenvalue weighted by molar-refractivity contribution is 0.419. The first-order valence-corrected chi connectivity index (χ1v) is 8.05. The fourth-order valence-corrected chi connectivity index (χ4v) is 3.69. The predicted molar refractivity (Wildman–Crippen MR) is 73.9 cm³/mol. The molecule has 1 saturated carbocycles. The molecular weight excluding hydrogens is 258 g/mol. The zero-order valence-electron chi connectivity index (χ0n) is 10.7. The molecule has 0 saturated heterocycles. The highest BCUT2D eigenvalue weighted by molar-refractivity contribution is 7.95. The summed E-state index contributed by atoms with van der Waals surface area (Å²) >= 11 is 0. The van der Waals surface area contributed by atoms with Crippen LogP contribution in [0.1, 0.15) is 32.1 Å². The Morgan fingerprint density at radius 1 is 1.16 bits per heavy atom. The molecular formula is C15H17NO2S. The molecule has 4 heteroatoms. The van der Waals surface area contributed by atoms with Gasteiger partial charge in [0.25, 0.3) is 0 Å². The van der Waals surface area contributed by atoms with Gasteiger partial charge in [-0.2, -0.15) is 5.26 Å². The van der Waals surface area contributed by atoms with Crippen molar-refractivity contribution >= 4 is 9.84 Å². The summed E-state index contributed by atoms with van der Waals surface area (Å²) in [7, 11) is -3.65. The average Bonchev–Trinajstić information content (AvgIpc) is 2.46. The highest BCUT2D eigenvalue weighted by atomic mass is 32.2. The smallest absolute Gasteiger partial charge is 0.216 e. The van der Waals surface area contributed by atoms with Gasteiger partial charge in [0, 0.05) is 0 Å². The molecule has 19 heavy (non-hydrogen) atoms. The Kier molecular flexibility index (Phi) is 4.39. The van der Waals surface area contributed by atoms with Gasteiger partial charge in [-0.3, -0.25) is 0 Å². The Balaban J connectivity index is 2.31. The largest absolute Gasteiger partial charge is 0.218 e. The number of allylic oxidation sites excluding steroid dienone is 2. The molecule has 0 radical (unpaired) electrons. The monoisotopic (exact) mass is 275 g/mol. The van der Waals surface area contributed by atoms with Crippen molar-refractivity contribution in [1.82, 2.24) is 0 Å². The molecule has 1 aliphatic rings. The van der Waals surface area contributed by atoms with E-state index in [0.29, 0.717) is 0 Å². The Morgan fingerprint density at radius 2 is 1.79 bits per heavy atom. The summed E-state index contributed by atoms with van der Waals surface area (Å²) < 4.78 is 24.7. The van der Waals surface area contributed by atoms with Crippen LogP contribution in [0.25, 0.3) is 0 Å². The molecule has 0 aliphatic heterocycles. The molecule has 1 fully saturated rings. The molecule has 0 unspecified atom stereocenters. The third kappa shape index (κ3) is 3.24. The third-order valence-corrected chi connectivity index (χ3v) is 5.19. The summed E-state index contributed by atoms with van der Waals surface area (Å²) in [5, 5.41) is 9.16. The Hall–Kier alpha value is -1.60. The average molecular weight is 275 g/mol. The van der Waals surface area contributed by atoms with Gasteiger partial charge in [0.2, 0.25) is 9.84 Å². The first kappa shape index (κ1) is 13.8. The van der Waals surface area contributed by atoms with Crippen LogP contribution >= 0.6 is 0 Å². The lowest BCUT2D eigenvalue weighted by Crippen LogP contribution is -2.08. The van der Waals surface area contributed by atoms with Crippen molar-refractivity contribution in [1.29, 1.82) is 5.26 Å². The van der Waals surface area contributed by atoms with Crippen molar-refractivity contribution < 1.29 is 8.42 Å². The van der Waals surface area contributed by atoms with Crippen LogP contribution in [0.5, 0.6) is 0 Å². The summed E-state index contributed by atoms with van der Waals surface area (Å²) in [5.41, 5.74) is 0. The van der Waals surface area contributed by atoms with E-state index in [4.69, 9.17) is 5.26 Å². The molecule has 0 bridgehead atoms. The number of hydrogen-bond donors (Lipinski definition) is 0. The van der Waals surface area contributed by atoms with Gasteiger partial charge in [-0.25, -0.2) is 8.42 Å². The van der Waals surface area contributed by atoms with Crippen molar-refractivity contribution in [3.63, 3.8) is 0 Å². The fourth-order valence-electron chi connectivity index (χ4n) is 2.43. The van der Waals surface area contributed by atoms with Gasteiger partial charge in [-0.15, -0.1) is 0 Å². The highest BCUT2D eigenvalue weighted by Crippen LogP contribution is 2.28. The quantitative estimate of drug-likeness (QED) is 0.794. The van der Waals surface area contributed by atoms with E-state index in [1.165, 1.54) is 18.6 Å². The molecule has 1 aliphatic carbocycles. The minimum Gasteiger partial charge on any atom is -0.218 e. The number of hydrogen-bond acceptors (Lipinski definition) is 3. The highest BCUT2D eigenvalue weighted by Gasteiger charge is 2.22. The lowest BCUT2D eigenvalue weighted by Gasteiger charge is -2.18. The second-order valence-corrected chi connectivity index (χ2v) is 6.78. The van der Waals surface area contributed by atoms with Gasteiger partial charge < -0.3 is 0 Å². The Morgan fingerprint density at radius 3 is 2.37 bits per heavy atom. The zero-order chi connectivity index (χ0) is 13.7. The standard InChI is InChI=1S/C15H17NO2S/c16-12-15(11-13-7-3-1-4-8-13)19(17,18)14-9-5-2-6-10-14/h2,5-6,9-11,13H,1,3-4,7-8H2/b15-11+. The van der Waals surface area contributed by atoms with Gasteiger partial charge in [-0.1, -0.05) is 43.5 Å². The van der Waals surface area contributed by atoms with Crippen molar-refractivity contribution in [2.75, 3.05) is 0 Å². The van der Waals surface area contributed by atoms with E-state index in [-0.39, 0.29) is 15.7 Å². The van der Waals surface area contributed by atoms with Crippen LogP contribution in [0.2, 0.25) is 0 Å². The second kappa shape index (κ2) is 6.03. The number of nitrogens with zero attached hydrogens (tertiary/aromatic N) is 1. The Labute approximate surface area is 114 Å². The third-order valence-electron chi connectivity index (χ3n) is 3.49. The summed E-state index contributed by atoms with van der Waals surface area (Å²) in [6, 6.07) is 10.0. The van der Waals surface area contributed by atoms with Crippen LogP contribution < -0.4 is 0 Å². The van der Waals surface area contributed by atoms with E-state index in [0.717, 1.165) is 25.7 Å². The van der Waals surface area contributed by atoms with E-state index in [1.54, 1.807) is 24.3 Å². The second-order valence-electron chi connectivity index (χ2n) is 4.86. The van der Waals surface area contributed by atoms with Crippen LogP contribution in [0.4, 0.5) is 0 Å². The summed E-state index contributed by atoms with van der Waals surface area (Å²) in [6.07, 6.45) is 7.06.